The van der Waals surface area contributed by atoms with E-state index in [0.717, 1.165) is 0 Å². The number of halogens is 4. The molecule has 3 nitrogen and oxygen atoms in total. The summed E-state index contributed by atoms with van der Waals surface area (Å²) in [5, 5.41) is 0. The standard InChI is InChI=1S/C8H9ClF3NO2/c1-3-4-5(6(9)14-2)13-7(15-4)8(10,11)12/h6H,3H2,1-2H3. The maximum atomic E-state index is 12.2. The second kappa shape index (κ2) is 4.40. The van der Waals surface area contributed by atoms with E-state index in [4.69, 9.17) is 11.6 Å². The van der Waals surface area contributed by atoms with Gasteiger partial charge >= 0.3 is 12.1 Å². The third kappa shape index (κ3) is 2.63. The number of ether oxygens (including phenoxy) is 1. The molecule has 0 fully saturated rings. The van der Waals surface area contributed by atoms with Crippen molar-refractivity contribution in [2.45, 2.75) is 25.1 Å². The fourth-order valence-corrected chi connectivity index (χ4v) is 1.20. The summed E-state index contributed by atoms with van der Waals surface area (Å²) in [6.45, 7) is 1.64. The predicted octanol–water partition coefficient (Wildman–Crippen LogP) is 3.14. The van der Waals surface area contributed by atoms with E-state index in [9.17, 15) is 13.2 Å². The average molecular weight is 244 g/mol. The van der Waals surface area contributed by atoms with E-state index in [2.05, 4.69) is 14.1 Å². The van der Waals surface area contributed by atoms with E-state index >= 15 is 0 Å². The topological polar surface area (TPSA) is 35.3 Å². The highest BCUT2D eigenvalue weighted by atomic mass is 35.5. The molecule has 0 N–H and O–H groups in total. The van der Waals surface area contributed by atoms with Gasteiger partial charge in [0.15, 0.2) is 5.56 Å². The molecular weight excluding hydrogens is 235 g/mol. The Balaban J connectivity index is 3.11. The van der Waals surface area contributed by atoms with E-state index in [1.54, 1.807) is 6.92 Å². The molecule has 1 aromatic heterocycles. The van der Waals surface area contributed by atoms with Gasteiger partial charge in [-0.15, -0.1) is 0 Å². The maximum Gasteiger partial charge on any atom is 0.468 e. The molecule has 0 amide bonds. The van der Waals surface area contributed by atoms with Gasteiger partial charge in [-0.2, -0.15) is 13.2 Å². The van der Waals surface area contributed by atoms with Gasteiger partial charge in [0, 0.05) is 13.5 Å². The summed E-state index contributed by atoms with van der Waals surface area (Å²) in [5.41, 5.74) is -1.05. The van der Waals surface area contributed by atoms with Crippen molar-refractivity contribution in [1.29, 1.82) is 0 Å². The summed E-state index contributed by atoms with van der Waals surface area (Å²) in [6.07, 6.45) is -4.34. The van der Waals surface area contributed by atoms with Gasteiger partial charge in [0.2, 0.25) is 0 Å². The Hall–Kier alpha value is -0.750. The van der Waals surface area contributed by atoms with Crippen LogP contribution in [0.25, 0.3) is 0 Å². The van der Waals surface area contributed by atoms with E-state index in [1.165, 1.54) is 7.11 Å². The predicted molar refractivity (Wildman–Crippen MR) is 46.5 cm³/mol. The molecule has 15 heavy (non-hydrogen) atoms. The van der Waals surface area contributed by atoms with Crippen molar-refractivity contribution in [3.63, 3.8) is 0 Å². The number of nitrogens with zero attached hydrogens (tertiary/aromatic N) is 1. The third-order valence-corrected chi connectivity index (χ3v) is 2.10. The van der Waals surface area contributed by atoms with Crippen LogP contribution in [0.2, 0.25) is 0 Å². The zero-order valence-corrected chi connectivity index (χ0v) is 8.82. The molecule has 1 heterocycles. The van der Waals surface area contributed by atoms with E-state index < -0.39 is 17.6 Å². The molecule has 0 aromatic carbocycles. The average Bonchev–Trinajstić information content (AvgIpc) is 2.59. The van der Waals surface area contributed by atoms with Crippen LogP contribution in [0.5, 0.6) is 0 Å². The van der Waals surface area contributed by atoms with Crippen molar-refractivity contribution >= 4 is 11.6 Å². The van der Waals surface area contributed by atoms with Gasteiger partial charge in [-0.1, -0.05) is 18.5 Å². The minimum absolute atomic E-state index is 0.0195. The Bertz CT molecular complexity index is 337. The molecule has 0 radical (unpaired) electrons. The first-order valence-corrected chi connectivity index (χ1v) is 4.57. The minimum Gasteiger partial charge on any atom is -0.438 e. The summed E-state index contributed by atoms with van der Waals surface area (Å²) in [6, 6.07) is 0. The molecule has 1 unspecified atom stereocenters. The molecule has 0 aliphatic heterocycles. The molecule has 0 saturated heterocycles. The van der Waals surface area contributed by atoms with Crippen LogP contribution in [0, 0.1) is 0 Å². The summed E-state index contributed by atoms with van der Waals surface area (Å²) in [7, 11) is 1.28. The van der Waals surface area contributed by atoms with E-state index in [1.807, 2.05) is 0 Å². The Morgan fingerprint density at radius 1 is 1.53 bits per heavy atom. The molecule has 1 aromatic rings. The van der Waals surface area contributed by atoms with Crippen molar-refractivity contribution in [1.82, 2.24) is 4.98 Å². The summed E-state index contributed by atoms with van der Waals surface area (Å²) < 4.78 is 46.0. The minimum atomic E-state index is -4.60. The van der Waals surface area contributed by atoms with Gasteiger partial charge in [-0.3, -0.25) is 0 Å². The van der Waals surface area contributed by atoms with Gasteiger partial charge in [-0.05, 0) is 0 Å². The zero-order chi connectivity index (χ0) is 11.6. The smallest absolute Gasteiger partial charge is 0.438 e. The van der Waals surface area contributed by atoms with Gasteiger partial charge in [-0.25, -0.2) is 4.98 Å². The third-order valence-electron chi connectivity index (χ3n) is 1.71. The molecular formula is C8H9ClF3NO2. The van der Waals surface area contributed by atoms with Crippen LogP contribution in [-0.2, 0) is 17.3 Å². The first-order valence-electron chi connectivity index (χ1n) is 4.13. The van der Waals surface area contributed by atoms with Crippen LogP contribution in [0.4, 0.5) is 13.2 Å². The lowest BCUT2D eigenvalue weighted by Crippen LogP contribution is -2.05. The number of alkyl halides is 4. The molecule has 1 atom stereocenters. The van der Waals surface area contributed by atoms with Gasteiger partial charge in [0.25, 0.3) is 0 Å². The second-order valence-corrected chi connectivity index (χ2v) is 3.13. The summed E-state index contributed by atoms with van der Waals surface area (Å²) in [4.78, 5) is 3.27. The van der Waals surface area contributed by atoms with Crippen LogP contribution in [0.15, 0.2) is 4.42 Å². The Morgan fingerprint density at radius 3 is 2.53 bits per heavy atom. The van der Waals surface area contributed by atoms with Gasteiger partial charge < -0.3 is 9.15 Å². The maximum absolute atomic E-state index is 12.2. The largest absolute Gasteiger partial charge is 0.468 e. The number of hydrogen-bond acceptors (Lipinski definition) is 3. The Kier molecular flexibility index (Phi) is 3.62. The molecule has 0 spiro atoms. The number of methoxy groups -OCH3 is 1. The SMILES string of the molecule is CCc1oc(C(F)(F)F)nc1C(Cl)OC. The summed E-state index contributed by atoms with van der Waals surface area (Å²) in [5.74, 6) is -1.21. The first-order chi connectivity index (χ1) is 6.90. The summed E-state index contributed by atoms with van der Waals surface area (Å²) >= 11 is 5.63. The molecule has 86 valence electrons. The first kappa shape index (κ1) is 12.3. The fourth-order valence-electron chi connectivity index (χ4n) is 1.03. The quantitative estimate of drug-likeness (QED) is 0.765. The second-order valence-electron chi connectivity index (χ2n) is 2.73. The number of rotatable bonds is 3. The lowest BCUT2D eigenvalue weighted by molar-refractivity contribution is -0.157. The van der Waals surface area contributed by atoms with Crippen molar-refractivity contribution in [3.8, 4) is 0 Å². The van der Waals surface area contributed by atoms with Crippen LogP contribution < -0.4 is 0 Å². The number of hydrogen-bond donors (Lipinski definition) is 0. The molecule has 0 saturated carbocycles. The highest BCUT2D eigenvalue weighted by Crippen LogP contribution is 2.33. The van der Waals surface area contributed by atoms with Crippen LogP contribution in [0.3, 0.4) is 0 Å². The van der Waals surface area contributed by atoms with E-state index in [0.29, 0.717) is 0 Å². The van der Waals surface area contributed by atoms with Crippen molar-refractivity contribution < 1.29 is 22.3 Å². The van der Waals surface area contributed by atoms with Crippen molar-refractivity contribution in [2.24, 2.45) is 0 Å². The molecule has 0 aliphatic rings. The van der Waals surface area contributed by atoms with Crippen molar-refractivity contribution in [3.05, 3.63) is 17.3 Å². The normalized spacial score (nSPS) is 14.3. The van der Waals surface area contributed by atoms with Crippen LogP contribution in [-0.4, -0.2) is 12.1 Å². The number of aromatic nitrogens is 1. The monoisotopic (exact) mass is 243 g/mol. The molecule has 0 bridgehead atoms. The lowest BCUT2D eigenvalue weighted by Gasteiger charge is -2.03. The number of aryl methyl sites for hydroxylation is 1. The van der Waals surface area contributed by atoms with Gasteiger partial charge in [0.05, 0.1) is 0 Å². The Morgan fingerprint density at radius 2 is 2.13 bits per heavy atom. The highest BCUT2D eigenvalue weighted by molar-refractivity contribution is 6.19. The highest BCUT2D eigenvalue weighted by Gasteiger charge is 2.39. The van der Waals surface area contributed by atoms with E-state index in [-0.39, 0.29) is 17.9 Å². The fraction of sp³-hybridized carbons (Fsp3) is 0.625. The number of oxazole rings is 1. The van der Waals surface area contributed by atoms with Crippen LogP contribution in [0.1, 0.15) is 29.8 Å². The van der Waals surface area contributed by atoms with Gasteiger partial charge in [0.1, 0.15) is 11.5 Å². The zero-order valence-electron chi connectivity index (χ0n) is 8.06. The lowest BCUT2D eigenvalue weighted by atomic mass is 10.3. The van der Waals surface area contributed by atoms with Crippen LogP contribution >= 0.6 is 11.6 Å². The molecule has 7 heteroatoms. The molecule has 0 aliphatic carbocycles. The van der Waals surface area contributed by atoms with Crippen molar-refractivity contribution in [2.75, 3.05) is 7.11 Å². The Labute approximate surface area is 89.2 Å². The molecule has 1 rings (SSSR count).